The Hall–Kier alpha value is -2.95. The summed E-state index contributed by atoms with van der Waals surface area (Å²) in [5, 5.41) is 5.36. The molecule has 0 fully saturated rings. The minimum absolute atomic E-state index is 0.261. The number of pyridine rings is 1. The predicted molar refractivity (Wildman–Crippen MR) is 85.0 cm³/mol. The number of likely N-dealkylation sites (N-methyl/N-ethyl adjacent to an activating group) is 1. The van der Waals surface area contributed by atoms with Crippen molar-refractivity contribution in [3.8, 4) is 0 Å². The van der Waals surface area contributed by atoms with Gasteiger partial charge in [0.15, 0.2) is 6.04 Å². The van der Waals surface area contributed by atoms with E-state index < -0.39 is 6.04 Å². The van der Waals surface area contributed by atoms with Gasteiger partial charge < -0.3 is 10.6 Å². The van der Waals surface area contributed by atoms with Gasteiger partial charge in [-0.15, -0.1) is 0 Å². The van der Waals surface area contributed by atoms with Crippen LogP contribution in [0, 0.1) is 5.92 Å². The van der Waals surface area contributed by atoms with Gasteiger partial charge in [-0.1, -0.05) is 18.2 Å². The molecule has 5 nitrogen and oxygen atoms in total. The summed E-state index contributed by atoms with van der Waals surface area (Å²) < 4.78 is 0. The Balaban J connectivity index is 1.56. The number of hydrogen-bond acceptors (Lipinski definition) is 3. The highest BCUT2D eigenvalue weighted by Gasteiger charge is 2.39. The Morgan fingerprint density at radius 2 is 2.13 bits per heavy atom. The molecular formula is C18H15N3O2. The van der Waals surface area contributed by atoms with Gasteiger partial charge in [-0.3, -0.25) is 14.6 Å². The highest BCUT2D eigenvalue weighted by molar-refractivity contribution is 6.04. The van der Waals surface area contributed by atoms with Crippen LogP contribution in [0.3, 0.4) is 0 Å². The molecule has 1 aromatic rings. The van der Waals surface area contributed by atoms with Crippen LogP contribution in [0.5, 0.6) is 0 Å². The number of fused-ring (bicyclic) bond motifs is 3. The number of rotatable bonds is 4. The van der Waals surface area contributed by atoms with Crippen LogP contribution in [0.15, 0.2) is 71.0 Å². The van der Waals surface area contributed by atoms with Crippen molar-refractivity contribution in [2.24, 2.45) is 5.92 Å². The summed E-state index contributed by atoms with van der Waals surface area (Å²) in [5.74, 6) is -0.157. The maximum atomic E-state index is 12.6. The van der Waals surface area contributed by atoms with Gasteiger partial charge in [0.2, 0.25) is 5.91 Å². The lowest BCUT2D eigenvalue weighted by molar-refractivity contribution is -0.127. The second kappa shape index (κ2) is 5.05. The molecule has 0 saturated heterocycles. The van der Waals surface area contributed by atoms with Crippen LogP contribution in [0.1, 0.15) is 11.7 Å². The van der Waals surface area contributed by atoms with Crippen molar-refractivity contribution in [3.05, 3.63) is 76.7 Å². The van der Waals surface area contributed by atoms with Crippen molar-refractivity contribution < 1.29 is 9.59 Å². The molecule has 0 aliphatic heterocycles. The lowest BCUT2D eigenvalue weighted by atomic mass is 10.0. The average molecular weight is 305 g/mol. The largest absolute Gasteiger partial charge is 0.357 e. The molecule has 2 unspecified atom stereocenters. The van der Waals surface area contributed by atoms with E-state index in [2.05, 4.69) is 21.7 Å². The molecule has 2 atom stereocenters. The average Bonchev–Trinajstić information content (AvgIpc) is 3.06. The SMILES string of the molecule is CNC(=O)C(NC(=O)C1=CC=C2C1=CC1=CC12)c1ccccn1. The quantitative estimate of drug-likeness (QED) is 0.882. The third-order valence-electron chi connectivity index (χ3n) is 4.30. The van der Waals surface area contributed by atoms with Crippen molar-refractivity contribution >= 4 is 11.8 Å². The monoisotopic (exact) mass is 305 g/mol. The number of nitrogens with one attached hydrogen (secondary N) is 2. The highest BCUT2D eigenvalue weighted by Crippen LogP contribution is 2.51. The van der Waals surface area contributed by atoms with Gasteiger partial charge in [-0.25, -0.2) is 0 Å². The van der Waals surface area contributed by atoms with E-state index in [4.69, 9.17) is 0 Å². The van der Waals surface area contributed by atoms with Crippen molar-refractivity contribution in [3.63, 3.8) is 0 Å². The van der Waals surface area contributed by atoms with Crippen molar-refractivity contribution in [2.75, 3.05) is 7.05 Å². The molecule has 0 aromatic carbocycles. The lowest BCUT2D eigenvalue weighted by Gasteiger charge is -2.17. The minimum atomic E-state index is -0.811. The fourth-order valence-electron chi connectivity index (χ4n) is 3.03. The van der Waals surface area contributed by atoms with E-state index in [-0.39, 0.29) is 11.8 Å². The van der Waals surface area contributed by atoms with Crippen LogP contribution in [-0.2, 0) is 9.59 Å². The van der Waals surface area contributed by atoms with Gasteiger partial charge in [0.05, 0.1) is 5.69 Å². The number of aromatic nitrogens is 1. The first kappa shape index (κ1) is 13.7. The number of amides is 2. The zero-order chi connectivity index (χ0) is 16.0. The zero-order valence-corrected chi connectivity index (χ0v) is 12.5. The predicted octanol–water partition coefficient (Wildman–Crippen LogP) is 1.35. The first-order chi connectivity index (χ1) is 11.2. The van der Waals surface area contributed by atoms with E-state index in [1.165, 1.54) is 11.1 Å². The minimum Gasteiger partial charge on any atom is -0.357 e. The molecule has 0 bridgehead atoms. The van der Waals surface area contributed by atoms with E-state index in [1.807, 2.05) is 18.2 Å². The maximum Gasteiger partial charge on any atom is 0.252 e. The topological polar surface area (TPSA) is 71.1 Å². The Bertz CT molecular complexity index is 831. The molecular weight excluding hydrogens is 290 g/mol. The summed E-state index contributed by atoms with van der Waals surface area (Å²) in [7, 11) is 1.54. The molecule has 0 saturated carbocycles. The van der Waals surface area contributed by atoms with E-state index in [1.54, 1.807) is 31.4 Å². The number of hydrogen-bond donors (Lipinski definition) is 2. The van der Waals surface area contributed by atoms with Crippen LogP contribution >= 0.6 is 0 Å². The fourth-order valence-corrected chi connectivity index (χ4v) is 3.03. The number of allylic oxidation sites excluding steroid dienone is 6. The number of carbonyl (C=O) groups is 2. The maximum absolute atomic E-state index is 12.6. The Kier molecular flexibility index (Phi) is 3.01. The van der Waals surface area contributed by atoms with E-state index in [0.29, 0.717) is 17.2 Å². The summed E-state index contributed by atoms with van der Waals surface area (Å²) in [5.41, 5.74) is 4.55. The van der Waals surface area contributed by atoms with Crippen LogP contribution in [0.4, 0.5) is 0 Å². The number of carbonyl (C=O) groups excluding carboxylic acids is 2. The summed E-state index contributed by atoms with van der Waals surface area (Å²) in [6.45, 7) is 0. The fraction of sp³-hybridized carbons (Fsp3) is 0.167. The molecule has 1 heterocycles. The highest BCUT2D eigenvalue weighted by atomic mass is 16.2. The second-order valence-corrected chi connectivity index (χ2v) is 5.68. The van der Waals surface area contributed by atoms with Gasteiger partial charge in [0.1, 0.15) is 0 Å². The lowest BCUT2D eigenvalue weighted by Crippen LogP contribution is -2.40. The van der Waals surface area contributed by atoms with Gasteiger partial charge in [-0.2, -0.15) is 0 Å². The summed E-state index contributed by atoms with van der Waals surface area (Å²) in [4.78, 5) is 28.9. The Morgan fingerprint density at radius 1 is 1.26 bits per heavy atom. The molecule has 2 amide bonds. The van der Waals surface area contributed by atoms with Crippen molar-refractivity contribution in [1.29, 1.82) is 0 Å². The molecule has 4 rings (SSSR count). The van der Waals surface area contributed by atoms with Gasteiger partial charge >= 0.3 is 0 Å². The zero-order valence-electron chi connectivity index (χ0n) is 12.5. The van der Waals surface area contributed by atoms with Crippen molar-refractivity contribution in [2.45, 2.75) is 6.04 Å². The van der Waals surface area contributed by atoms with Gasteiger partial charge in [-0.05, 0) is 41.0 Å². The number of nitrogens with zero attached hydrogens (tertiary/aromatic N) is 1. The van der Waals surface area contributed by atoms with Crippen LogP contribution in [0.2, 0.25) is 0 Å². The Labute approximate surface area is 133 Å². The summed E-state index contributed by atoms with van der Waals surface area (Å²) >= 11 is 0. The molecule has 3 aliphatic rings. The molecule has 114 valence electrons. The van der Waals surface area contributed by atoms with Gasteiger partial charge in [0, 0.05) is 24.7 Å². The van der Waals surface area contributed by atoms with E-state index in [0.717, 1.165) is 5.57 Å². The summed E-state index contributed by atoms with van der Waals surface area (Å²) in [6.07, 6.45) is 9.62. The molecule has 2 N–H and O–H groups in total. The molecule has 3 aliphatic carbocycles. The third-order valence-corrected chi connectivity index (χ3v) is 4.30. The second-order valence-electron chi connectivity index (χ2n) is 5.68. The third kappa shape index (κ3) is 2.21. The van der Waals surface area contributed by atoms with Crippen LogP contribution in [0.25, 0.3) is 0 Å². The van der Waals surface area contributed by atoms with E-state index in [9.17, 15) is 9.59 Å². The van der Waals surface area contributed by atoms with E-state index >= 15 is 0 Å². The van der Waals surface area contributed by atoms with Crippen LogP contribution < -0.4 is 10.6 Å². The Morgan fingerprint density at radius 3 is 2.87 bits per heavy atom. The van der Waals surface area contributed by atoms with Gasteiger partial charge in [0.25, 0.3) is 5.91 Å². The smallest absolute Gasteiger partial charge is 0.252 e. The molecule has 0 spiro atoms. The first-order valence-corrected chi connectivity index (χ1v) is 7.48. The normalized spacial score (nSPS) is 21.2. The molecule has 0 radical (unpaired) electrons. The van der Waals surface area contributed by atoms with Crippen molar-refractivity contribution in [1.82, 2.24) is 15.6 Å². The summed E-state index contributed by atoms with van der Waals surface area (Å²) in [6, 6.07) is 4.47. The molecule has 23 heavy (non-hydrogen) atoms. The van der Waals surface area contributed by atoms with Crippen LogP contribution in [-0.4, -0.2) is 23.8 Å². The molecule has 1 aromatic heterocycles. The first-order valence-electron chi connectivity index (χ1n) is 7.48. The standard InChI is InChI=1S/C18H15N3O2/c1-19-18(23)16(15-4-2-3-7-20-15)21-17(22)12-6-5-11-13-8-10(13)9-14(11)12/h2-9,13,16H,1H3,(H,19,23)(H,21,22). The molecule has 5 heteroatoms.